The zero-order chi connectivity index (χ0) is 16.4. The zero-order valence-corrected chi connectivity index (χ0v) is 13.1. The summed E-state index contributed by atoms with van der Waals surface area (Å²) in [4.78, 5) is 25.2. The summed E-state index contributed by atoms with van der Waals surface area (Å²) in [7, 11) is 0. The molecule has 1 fully saturated rings. The maximum atomic E-state index is 12.5. The number of likely N-dealkylation sites (tertiary alicyclic amines) is 1. The number of halogens is 1. The van der Waals surface area contributed by atoms with E-state index in [4.69, 9.17) is 16.7 Å². The summed E-state index contributed by atoms with van der Waals surface area (Å²) >= 11 is 6.14. The number of amides is 1. The van der Waals surface area contributed by atoms with Crippen LogP contribution < -0.4 is 0 Å². The number of carboxylic acids is 1. The molecule has 7 heteroatoms. The van der Waals surface area contributed by atoms with Gasteiger partial charge in [0.2, 0.25) is 0 Å². The fraction of sp³-hybridized carbons (Fsp3) is 0.312. The van der Waals surface area contributed by atoms with Crippen molar-refractivity contribution < 1.29 is 14.7 Å². The summed E-state index contributed by atoms with van der Waals surface area (Å²) < 4.78 is 0. The molecule has 1 saturated heterocycles. The summed E-state index contributed by atoms with van der Waals surface area (Å²) in [5.41, 5.74) is 1.67. The third kappa shape index (κ3) is 3.22. The van der Waals surface area contributed by atoms with Gasteiger partial charge in [-0.2, -0.15) is 5.10 Å². The Kier molecular flexibility index (Phi) is 4.34. The number of piperidine rings is 1. The van der Waals surface area contributed by atoms with Crippen molar-refractivity contribution in [2.45, 2.75) is 12.8 Å². The van der Waals surface area contributed by atoms with Gasteiger partial charge in [0, 0.05) is 18.7 Å². The lowest BCUT2D eigenvalue weighted by molar-refractivity contribution is -0.143. The Morgan fingerprint density at radius 1 is 1.35 bits per heavy atom. The normalized spacial score (nSPS) is 18.0. The first-order chi connectivity index (χ1) is 11.1. The van der Waals surface area contributed by atoms with Crippen molar-refractivity contribution in [2.24, 2.45) is 5.92 Å². The highest BCUT2D eigenvalue weighted by molar-refractivity contribution is 6.33. The van der Waals surface area contributed by atoms with Gasteiger partial charge in [0.15, 0.2) is 0 Å². The molecule has 0 radical (unpaired) electrons. The fourth-order valence-electron chi connectivity index (χ4n) is 2.77. The van der Waals surface area contributed by atoms with E-state index in [-0.39, 0.29) is 12.5 Å². The van der Waals surface area contributed by atoms with Crippen molar-refractivity contribution in [1.82, 2.24) is 15.1 Å². The molecule has 6 nitrogen and oxygen atoms in total. The number of nitrogens with zero attached hydrogens (tertiary/aromatic N) is 2. The summed E-state index contributed by atoms with van der Waals surface area (Å²) in [6, 6.07) is 8.90. The Hall–Kier alpha value is -2.34. The van der Waals surface area contributed by atoms with E-state index in [1.807, 2.05) is 18.2 Å². The maximum absolute atomic E-state index is 12.5. The van der Waals surface area contributed by atoms with Crippen LogP contribution in [0.1, 0.15) is 23.3 Å². The Bertz CT molecular complexity index is 744. The number of hydrogen-bond donors (Lipinski definition) is 2. The van der Waals surface area contributed by atoms with Crippen LogP contribution in [0.25, 0.3) is 11.3 Å². The van der Waals surface area contributed by atoms with Crippen molar-refractivity contribution in [3.05, 3.63) is 41.0 Å². The predicted molar refractivity (Wildman–Crippen MR) is 85.3 cm³/mol. The molecule has 1 aliphatic rings. The minimum Gasteiger partial charge on any atom is -0.481 e. The van der Waals surface area contributed by atoms with Crippen molar-refractivity contribution in [3.63, 3.8) is 0 Å². The SMILES string of the molecule is O=C(O)[C@H]1CCCN(C(=O)c2cc(-c3ccccc3Cl)n[nH]2)C1. The van der Waals surface area contributed by atoms with Gasteiger partial charge in [-0.1, -0.05) is 29.8 Å². The van der Waals surface area contributed by atoms with Gasteiger partial charge >= 0.3 is 5.97 Å². The fourth-order valence-corrected chi connectivity index (χ4v) is 3.00. The van der Waals surface area contributed by atoms with E-state index in [9.17, 15) is 9.59 Å². The van der Waals surface area contributed by atoms with Gasteiger partial charge in [-0.25, -0.2) is 0 Å². The monoisotopic (exact) mass is 333 g/mol. The minimum atomic E-state index is -0.858. The van der Waals surface area contributed by atoms with E-state index in [0.717, 1.165) is 5.56 Å². The second kappa shape index (κ2) is 6.42. The van der Waals surface area contributed by atoms with Crippen molar-refractivity contribution >= 4 is 23.5 Å². The number of aliphatic carboxylic acids is 1. The number of nitrogens with one attached hydrogen (secondary N) is 1. The molecule has 0 saturated carbocycles. The van der Waals surface area contributed by atoms with E-state index in [0.29, 0.717) is 35.8 Å². The summed E-state index contributed by atoms with van der Waals surface area (Å²) in [5, 5.41) is 16.5. The summed E-state index contributed by atoms with van der Waals surface area (Å²) in [6.45, 7) is 0.789. The molecule has 23 heavy (non-hydrogen) atoms. The van der Waals surface area contributed by atoms with Crippen LogP contribution in [0.5, 0.6) is 0 Å². The molecule has 0 bridgehead atoms. The first kappa shape index (κ1) is 15.6. The van der Waals surface area contributed by atoms with Crippen LogP contribution in [0.15, 0.2) is 30.3 Å². The number of carboxylic acid groups (broad SMARTS) is 1. The van der Waals surface area contributed by atoms with Crippen molar-refractivity contribution in [1.29, 1.82) is 0 Å². The van der Waals surface area contributed by atoms with Gasteiger partial charge in [-0.3, -0.25) is 14.7 Å². The Morgan fingerprint density at radius 2 is 2.13 bits per heavy atom. The smallest absolute Gasteiger partial charge is 0.308 e. The molecular formula is C16H16ClN3O3. The van der Waals surface area contributed by atoms with Crippen LogP contribution in [0.2, 0.25) is 5.02 Å². The molecule has 120 valence electrons. The zero-order valence-electron chi connectivity index (χ0n) is 12.3. The van der Waals surface area contributed by atoms with E-state index in [2.05, 4.69) is 10.2 Å². The quantitative estimate of drug-likeness (QED) is 0.904. The predicted octanol–water partition coefficient (Wildman–Crippen LogP) is 2.67. The second-order valence-electron chi connectivity index (χ2n) is 5.58. The van der Waals surface area contributed by atoms with Crippen molar-refractivity contribution in [3.8, 4) is 11.3 Å². The molecule has 2 N–H and O–H groups in total. The molecule has 1 aliphatic heterocycles. The number of carbonyl (C=O) groups excluding carboxylic acids is 1. The number of H-pyrrole nitrogens is 1. The molecule has 0 unspecified atom stereocenters. The third-order valence-corrected chi connectivity index (χ3v) is 4.35. The van der Waals surface area contributed by atoms with Crippen LogP contribution >= 0.6 is 11.6 Å². The molecular weight excluding hydrogens is 318 g/mol. The van der Waals surface area contributed by atoms with E-state index >= 15 is 0 Å². The molecule has 0 spiro atoms. The summed E-state index contributed by atoms with van der Waals surface area (Å²) in [5.74, 6) is -1.59. The van der Waals surface area contributed by atoms with Crippen LogP contribution in [-0.4, -0.2) is 45.2 Å². The molecule has 1 aromatic heterocycles. The minimum absolute atomic E-state index is 0.231. The molecule has 0 aliphatic carbocycles. The average Bonchev–Trinajstić information content (AvgIpc) is 3.04. The van der Waals surface area contributed by atoms with Crippen molar-refractivity contribution in [2.75, 3.05) is 13.1 Å². The van der Waals surface area contributed by atoms with Crippen LogP contribution in [0.3, 0.4) is 0 Å². The number of rotatable bonds is 3. The van der Waals surface area contributed by atoms with Crippen LogP contribution in [-0.2, 0) is 4.79 Å². The Morgan fingerprint density at radius 3 is 2.87 bits per heavy atom. The van der Waals surface area contributed by atoms with Gasteiger partial charge < -0.3 is 10.0 Å². The topological polar surface area (TPSA) is 86.3 Å². The molecule has 1 atom stereocenters. The highest BCUT2D eigenvalue weighted by Crippen LogP contribution is 2.27. The van der Waals surface area contributed by atoms with Gasteiger partial charge in [0.25, 0.3) is 5.91 Å². The highest BCUT2D eigenvalue weighted by Gasteiger charge is 2.29. The number of aromatic amines is 1. The van der Waals surface area contributed by atoms with Gasteiger partial charge in [0.1, 0.15) is 5.69 Å². The second-order valence-corrected chi connectivity index (χ2v) is 5.98. The Labute approximate surface area is 138 Å². The summed E-state index contributed by atoms with van der Waals surface area (Å²) in [6.07, 6.45) is 1.29. The molecule has 2 heterocycles. The lowest BCUT2D eigenvalue weighted by atomic mass is 9.98. The largest absolute Gasteiger partial charge is 0.481 e. The molecule has 1 amide bonds. The van der Waals surface area contributed by atoms with Gasteiger partial charge in [0.05, 0.1) is 16.6 Å². The first-order valence-corrected chi connectivity index (χ1v) is 7.76. The lowest BCUT2D eigenvalue weighted by Crippen LogP contribution is -2.42. The highest BCUT2D eigenvalue weighted by atomic mass is 35.5. The van der Waals surface area contributed by atoms with Crippen LogP contribution in [0.4, 0.5) is 0 Å². The average molecular weight is 334 g/mol. The number of carbonyl (C=O) groups is 2. The third-order valence-electron chi connectivity index (χ3n) is 4.02. The van der Waals surface area contributed by atoms with Crippen LogP contribution in [0, 0.1) is 5.92 Å². The standard InChI is InChI=1S/C16H16ClN3O3/c17-12-6-2-1-5-11(12)13-8-14(19-18-13)15(21)20-7-3-4-10(9-20)16(22)23/h1-2,5-6,8,10H,3-4,7,9H2,(H,18,19)(H,22,23)/t10-/m0/s1. The number of aromatic nitrogens is 2. The van der Waals surface area contributed by atoms with E-state index in [1.54, 1.807) is 17.0 Å². The van der Waals surface area contributed by atoms with E-state index < -0.39 is 11.9 Å². The van der Waals surface area contributed by atoms with E-state index in [1.165, 1.54) is 0 Å². The molecule has 3 rings (SSSR count). The Balaban J connectivity index is 1.79. The lowest BCUT2D eigenvalue weighted by Gasteiger charge is -2.30. The molecule has 1 aromatic carbocycles. The first-order valence-electron chi connectivity index (χ1n) is 7.38. The van der Waals surface area contributed by atoms with Gasteiger partial charge in [-0.15, -0.1) is 0 Å². The number of benzene rings is 1. The molecule has 2 aromatic rings. The maximum Gasteiger partial charge on any atom is 0.308 e. The van der Waals surface area contributed by atoms with Gasteiger partial charge in [-0.05, 0) is 25.0 Å². The number of hydrogen-bond acceptors (Lipinski definition) is 3.